The fourth-order valence-corrected chi connectivity index (χ4v) is 2.61. The van der Waals surface area contributed by atoms with E-state index in [1.54, 1.807) is 6.20 Å². The third kappa shape index (κ3) is 4.47. The number of unbranched alkanes of at least 4 members (excludes halogenated alkanes) is 1. The van der Waals surface area contributed by atoms with Gasteiger partial charge in [0.05, 0.1) is 12.2 Å². The van der Waals surface area contributed by atoms with E-state index in [9.17, 15) is 4.79 Å². The summed E-state index contributed by atoms with van der Waals surface area (Å²) in [6.07, 6.45) is 8.67. The summed E-state index contributed by atoms with van der Waals surface area (Å²) in [5.41, 5.74) is 1.44. The number of hydrogen-bond acceptors (Lipinski definition) is 4. The Morgan fingerprint density at radius 3 is 2.91 bits per heavy atom. The number of nitrogens with zero attached hydrogens (tertiary/aromatic N) is 2. The lowest BCUT2D eigenvalue weighted by Crippen LogP contribution is -2.45. The maximum atomic E-state index is 12.1. The molecular weight excluding hydrogens is 278 g/mol. The minimum absolute atomic E-state index is 0.159. The van der Waals surface area contributed by atoms with Crippen LogP contribution in [0.2, 0.25) is 0 Å². The second kappa shape index (κ2) is 7.81. The van der Waals surface area contributed by atoms with Crippen LogP contribution in [-0.2, 0) is 4.74 Å². The van der Waals surface area contributed by atoms with Gasteiger partial charge in [0.1, 0.15) is 5.69 Å². The minimum Gasteiger partial charge on any atom is -0.372 e. The number of anilines is 1. The van der Waals surface area contributed by atoms with E-state index in [4.69, 9.17) is 11.2 Å². The highest BCUT2D eigenvalue weighted by Crippen LogP contribution is 2.20. The van der Waals surface area contributed by atoms with E-state index in [1.807, 2.05) is 12.1 Å². The molecule has 0 bridgehead atoms. The Morgan fingerprint density at radius 1 is 1.50 bits per heavy atom. The molecule has 118 valence electrons. The molecule has 0 aliphatic carbocycles. The molecule has 1 fully saturated rings. The molecule has 0 unspecified atom stereocenters. The van der Waals surface area contributed by atoms with Crippen molar-refractivity contribution in [3.8, 4) is 12.3 Å². The zero-order chi connectivity index (χ0) is 15.9. The van der Waals surface area contributed by atoms with E-state index in [1.165, 1.54) is 0 Å². The van der Waals surface area contributed by atoms with Crippen molar-refractivity contribution in [1.82, 2.24) is 10.3 Å². The number of carbonyl (C=O) groups is 1. The van der Waals surface area contributed by atoms with Gasteiger partial charge in [-0.25, -0.2) is 0 Å². The van der Waals surface area contributed by atoms with Crippen LogP contribution in [0.25, 0.3) is 0 Å². The van der Waals surface area contributed by atoms with E-state index in [2.05, 4.69) is 35.0 Å². The van der Waals surface area contributed by atoms with Gasteiger partial charge in [0.25, 0.3) is 5.91 Å². The van der Waals surface area contributed by atoms with Crippen molar-refractivity contribution in [3.05, 3.63) is 24.0 Å². The van der Waals surface area contributed by atoms with Crippen molar-refractivity contribution < 1.29 is 9.53 Å². The highest BCUT2D eigenvalue weighted by Gasteiger charge is 2.23. The van der Waals surface area contributed by atoms with E-state index in [0.29, 0.717) is 18.7 Å². The van der Waals surface area contributed by atoms with E-state index >= 15 is 0 Å². The van der Waals surface area contributed by atoms with Crippen molar-refractivity contribution >= 4 is 11.6 Å². The minimum atomic E-state index is -0.159. The van der Waals surface area contributed by atoms with Crippen LogP contribution in [0.5, 0.6) is 0 Å². The van der Waals surface area contributed by atoms with Gasteiger partial charge in [0.2, 0.25) is 0 Å². The SMILES string of the molecule is C#CCCCNC(=O)c1cc(N2C[C@@H](C)O[C@@H](C)C2)ccn1. The average molecular weight is 301 g/mol. The molecule has 2 rings (SSSR count). The molecule has 0 aromatic carbocycles. The molecule has 5 nitrogen and oxygen atoms in total. The Morgan fingerprint density at radius 2 is 2.23 bits per heavy atom. The Bertz CT molecular complexity index is 543. The van der Waals surface area contributed by atoms with E-state index in [-0.39, 0.29) is 18.1 Å². The number of amides is 1. The van der Waals surface area contributed by atoms with Crippen molar-refractivity contribution in [2.45, 2.75) is 38.9 Å². The lowest BCUT2D eigenvalue weighted by Gasteiger charge is -2.36. The van der Waals surface area contributed by atoms with Crippen molar-refractivity contribution in [3.63, 3.8) is 0 Å². The van der Waals surface area contributed by atoms with Gasteiger partial charge >= 0.3 is 0 Å². The molecule has 0 saturated carbocycles. The molecule has 1 N–H and O–H groups in total. The van der Waals surface area contributed by atoms with E-state index in [0.717, 1.165) is 25.2 Å². The first-order valence-electron chi connectivity index (χ1n) is 7.68. The second-order valence-electron chi connectivity index (χ2n) is 5.63. The summed E-state index contributed by atoms with van der Waals surface area (Å²) in [5, 5.41) is 2.84. The number of rotatable bonds is 5. The highest BCUT2D eigenvalue weighted by atomic mass is 16.5. The predicted octanol–water partition coefficient (Wildman–Crippen LogP) is 1.84. The Balaban J connectivity index is 2.00. The van der Waals surface area contributed by atoms with Crippen molar-refractivity contribution in [2.75, 3.05) is 24.5 Å². The molecule has 2 heterocycles. The Kier molecular flexibility index (Phi) is 5.79. The lowest BCUT2D eigenvalue weighted by molar-refractivity contribution is -0.00522. The summed E-state index contributed by atoms with van der Waals surface area (Å²) >= 11 is 0. The number of ether oxygens (including phenoxy) is 1. The van der Waals surface area contributed by atoms with Crippen LogP contribution >= 0.6 is 0 Å². The second-order valence-corrected chi connectivity index (χ2v) is 5.63. The van der Waals surface area contributed by atoms with Crippen LogP contribution in [0.1, 0.15) is 37.2 Å². The molecule has 1 aromatic rings. The van der Waals surface area contributed by atoms with Crippen LogP contribution < -0.4 is 10.2 Å². The molecule has 1 aliphatic heterocycles. The molecule has 1 aliphatic rings. The smallest absolute Gasteiger partial charge is 0.269 e. The van der Waals surface area contributed by atoms with Crippen LogP contribution in [0, 0.1) is 12.3 Å². The molecular formula is C17H23N3O2. The number of hydrogen-bond donors (Lipinski definition) is 1. The van der Waals surface area contributed by atoms with Gasteiger partial charge in [-0.3, -0.25) is 9.78 Å². The topological polar surface area (TPSA) is 54.5 Å². The summed E-state index contributed by atoms with van der Waals surface area (Å²) in [5.74, 6) is 2.40. The number of nitrogens with one attached hydrogen (secondary N) is 1. The van der Waals surface area contributed by atoms with E-state index < -0.39 is 0 Å². The summed E-state index contributed by atoms with van der Waals surface area (Å²) in [6, 6.07) is 3.77. The molecule has 0 radical (unpaired) electrons. The van der Waals surface area contributed by atoms with Gasteiger partial charge in [0, 0.05) is 37.9 Å². The third-order valence-corrected chi connectivity index (χ3v) is 3.54. The normalized spacial score (nSPS) is 21.2. The molecule has 1 saturated heterocycles. The number of aromatic nitrogens is 1. The molecule has 1 amide bonds. The zero-order valence-corrected chi connectivity index (χ0v) is 13.2. The van der Waals surface area contributed by atoms with Gasteiger partial charge < -0.3 is 15.0 Å². The van der Waals surface area contributed by atoms with Crippen molar-refractivity contribution in [1.29, 1.82) is 0 Å². The molecule has 2 atom stereocenters. The number of morpholine rings is 1. The van der Waals surface area contributed by atoms with Crippen LogP contribution in [0.3, 0.4) is 0 Å². The average Bonchev–Trinajstić information content (AvgIpc) is 2.50. The number of pyridine rings is 1. The Labute approximate surface area is 132 Å². The maximum Gasteiger partial charge on any atom is 0.269 e. The standard InChI is InChI=1S/C17H23N3O2/c1-4-5-6-8-19-17(21)16-10-15(7-9-18-16)20-11-13(2)22-14(3)12-20/h1,7,9-10,13-14H,5-6,8,11-12H2,2-3H3,(H,19,21)/t13-,14+. The van der Waals surface area contributed by atoms with Gasteiger partial charge in [-0.15, -0.1) is 12.3 Å². The summed E-state index contributed by atoms with van der Waals surface area (Å²) in [6.45, 7) is 6.32. The monoisotopic (exact) mass is 301 g/mol. The third-order valence-electron chi connectivity index (χ3n) is 3.54. The molecule has 5 heteroatoms. The first kappa shape index (κ1) is 16.3. The largest absolute Gasteiger partial charge is 0.372 e. The Hall–Kier alpha value is -2.06. The zero-order valence-electron chi connectivity index (χ0n) is 13.2. The molecule has 1 aromatic heterocycles. The van der Waals surface area contributed by atoms with Crippen molar-refractivity contribution in [2.24, 2.45) is 0 Å². The quantitative estimate of drug-likeness (QED) is 0.666. The number of terminal acetylenes is 1. The summed E-state index contributed by atoms with van der Waals surface area (Å²) in [4.78, 5) is 18.5. The molecule has 22 heavy (non-hydrogen) atoms. The maximum absolute atomic E-state index is 12.1. The summed E-state index contributed by atoms with van der Waals surface area (Å²) < 4.78 is 5.74. The predicted molar refractivity (Wildman–Crippen MR) is 86.9 cm³/mol. The number of carbonyl (C=O) groups excluding carboxylic acids is 1. The first-order chi connectivity index (χ1) is 10.6. The van der Waals surface area contributed by atoms with Gasteiger partial charge in [-0.05, 0) is 32.4 Å². The van der Waals surface area contributed by atoms with Gasteiger partial charge in [-0.2, -0.15) is 0 Å². The fraction of sp³-hybridized carbons (Fsp3) is 0.529. The van der Waals surface area contributed by atoms with Crippen LogP contribution in [0.4, 0.5) is 5.69 Å². The fourth-order valence-electron chi connectivity index (χ4n) is 2.61. The van der Waals surface area contributed by atoms with Crippen LogP contribution in [0.15, 0.2) is 18.3 Å². The first-order valence-corrected chi connectivity index (χ1v) is 7.68. The summed E-state index contributed by atoms with van der Waals surface area (Å²) in [7, 11) is 0. The van der Waals surface area contributed by atoms with Crippen LogP contribution in [-0.4, -0.2) is 42.7 Å². The lowest BCUT2D eigenvalue weighted by atomic mass is 10.2. The molecule has 0 spiro atoms. The van der Waals surface area contributed by atoms with Gasteiger partial charge in [-0.1, -0.05) is 0 Å². The highest BCUT2D eigenvalue weighted by molar-refractivity contribution is 5.93. The van der Waals surface area contributed by atoms with Gasteiger partial charge in [0.15, 0.2) is 0 Å².